The summed E-state index contributed by atoms with van der Waals surface area (Å²) in [6, 6.07) is 0. The summed E-state index contributed by atoms with van der Waals surface area (Å²) in [5, 5.41) is 2.49. The second-order valence-electron chi connectivity index (χ2n) is 5.94. The lowest BCUT2D eigenvalue weighted by atomic mass is 9.95. The number of anilines is 1. The Morgan fingerprint density at radius 3 is 2.70 bits per heavy atom. The zero-order valence-corrected chi connectivity index (χ0v) is 14.8. The van der Waals surface area contributed by atoms with Gasteiger partial charge in [0.05, 0.1) is 12.5 Å². The van der Waals surface area contributed by atoms with Gasteiger partial charge in [-0.25, -0.2) is 15.0 Å². The summed E-state index contributed by atoms with van der Waals surface area (Å²) in [6.07, 6.45) is 3.28. The smallest absolute Gasteiger partial charge is 0.249 e. The summed E-state index contributed by atoms with van der Waals surface area (Å²) in [4.78, 5) is 30.7. The molecular weight excluding hydrogens is 312 g/mol. The standard InChI is InChI=1S/C16H22N4O2S/c1-10-11(2)23-15-13(10)14(17-9-18-15)20-7-5-12(6-8-20)16(21)19(3)22-4/h9,12H,5-8H2,1-4H3. The van der Waals surface area contributed by atoms with Crippen molar-refractivity contribution in [3.05, 3.63) is 16.8 Å². The molecule has 3 rings (SSSR count). The highest BCUT2D eigenvalue weighted by Gasteiger charge is 2.29. The number of aryl methyl sites for hydroxylation is 2. The maximum Gasteiger partial charge on any atom is 0.249 e. The fourth-order valence-corrected chi connectivity index (χ4v) is 4.08. The molecular formula is C16H22N4O2S. The van der Waals surface area contributed by atoms with E-state index in [0.717, 1.165) is 42.0 Å². The Bertz CT molecular complexity index is 722. The average molecular weight is 334 g/mol. The number of amides is 1. The van der Waals surface area contributed by atoms with E-state index in [-0.39, 0.29) is 11.8 Å². The van der Waals surface area contributed by atoms with Crippen molar-refractivity contribution in [2.24, 2.45) is 5.92 Å². The van der Waals surface area contributed by atoms with Gasteiger partial charge in [0, 0.05) is 30.9 Å². The number of nitrogens with zero attached hydrogens (tertiary/aromatic N) is 4. The third-order valence-corrected chi connectivity index (χ3v) is 5.79. The van der Waals surface area contributed by atoms with Crippen LogP contribution in [0.4, 0.5) is 5.82 Å². The molecule has 0 radical (unpaired) electrons. The van der Waals surface area contributed by atoms with Crippen molar-refractivity contribution in [2.45, 2.75) is 26.7 Å². The fraction of sp³-hybridized carbons (Fsp3) is 0.562. The molecule has 1 saturated heterocycles. The second kappa shape index (κ2) is 6.41. The van der Waals surface area contributed by atoms with Crippen molar-refractivity contribution in [2.75, 3.05) is 32.1 Å². The molecule has 0 aromatic carbocycles. The number of aromatic nitrogens is 2. The monoisotopic (exact) mass is 334 g/mol. The van der Waals surface area contributed by atoms with Crippen molar-refractivity contribution >= 4 is 33.3 Å². The van der Waals surface area contributed by atoms with Gasteiger partial charge in [0.1, 0.15) is 17.0 Å². The van der Waals surface area contributed by atoms with Crippen LogP contribution < -0.4 is 4.90 Å². The minimum Gasteiger partial charge on any atom is -0.356 e. The third-order valence-electron chi connectivity index (χ3n) is 4.67. The van der Waals surface area contributed by atoms with E-state index in [1.54, 1.807) is 24.7 Å². The van der Waals surface area contributed by atoms with E-state index in [2.05, 4.69) is 28.7 Å². The van der Waals surface area contributed by atoms with Crippen LogP contribution in [0.2, 0.25) is 0 Å². The van der Waals surface area contributed by atoms with Crippen LogP contribution in [-0.4, -0.2) is 48.2 Å². The van der Waals surface area contributed by atoms with Gasteiger partial charge in [0.2, 0.25) is 5.91 Å². The summed E-state index contributed by atoms with van der Waals surface area (Å²) >= 11 is 1.71. The number of hydroxylamine groups is 2. The van der Waals surface area contributed by atoms with Crippen LogP contribution in [0.1, 0.15) is 23.3 Å². The molecule has 0 saturated carbocycles. The Morgan fingerprint density at radius 1 is 1.35 bits per heavy atom. The van der Waals surface area contributed by atoms with Gasteiger partial charge in [-0.1, -0.05) is 0 Å². The first-order valence-electron chi connectivity index (χ1n) is 7.80. The van der Waals surface area contributed by atoms with Crippen LogP contribution in [0.15, 0.2) is 6.33 Å². The normalized spacial score (nSPS) is 16.1. The Morgan fingerprint density at radius 2 is 2.04 bits per heavy atom. The van der Waals surface area contributed by atoms with Gasteiger partial charge in [0.15, 0.2) is 0 Å². The summed E-state index contributed by atoms with van der Waals surface area (Å²) in [7, 11) is 3.19. The molecule has 0 aliphatic carbocycles. The Hall–Kier alpha value is -1.73. The number of thiophene rings is 1. The van der Waals surface area contributed by atoms with Crippen molar-refractivity contribution in [1.29, 1.82) is 0 Å². The maximum absolute atomic E-state index is 12.2. The largest absolute Gasteiger partial charge is 0.356 e. The van der Waals surface area contributed by atoms with Crippen LogP contribution in [0.25, 0.3) is 10.2 Å². The molecule has 3 heterocycles. The minimum atomic E-state index is 0.0267. The highest BCUT2D eigenvalue weighted by Crippen LogP contribution is 2.35. The van der Waals surface area contributed by atoms with E-state index in [9.17, 15) is 4.79 Å². The molecule has 0 bridgehead atoms. The second-order valence-corrected chi connectivity index (χ2v) is 7.14. The number of rotatable bonds is 3. The lowest BCUT2D eigenvalue weighted by molar-refractivity contribution is -0.174. The first-order valence-corrected chi connectivity index (χ1v) is 8.62. The van der Waals surface area contributed by atoms with Gasteiger partial charge < -0.3 is 4.90 Å². The molecule has 1 aliphatic rings. The molecule has 0 N–H and O–H groups in total. The Labute approximate surface area is 140 Å². The predicted molar refractivity (Wildman–Crippen MR) is 91.6 cm³/mol. The molecule has 2 aromatic heterocycles. The summed E-state index contributed by atoms with van der Waals surface area (Å²) in [5.41, 5.74) is 1.26. The average Bonchev–Trinajstić information content (AvgIpc) is 2.88. The first kappa shape index (κ1) is 16.1. The van der Waals surface area contributed by atoms with E-state index in [4.69, 9.17) is 4.84 Å². The van der Waals surface area contributed by atoms with E-state index < -0.39 is 0 Å². The molecule has 0 unspecified atom stereocenters. The first-order chi connectivity index (χ1) is 11.0. The van der Waals surface area contributed by atoms with E-state index in [0.29, 0.717) is 0 Å². The van der Waals surface area contributed by atoms with Crippen molar-refractivity contribution in [3.63, 3.8) is 0 Å². The molecule has 1 aliphatic heterocycles. The molecule has 0 atom stereocenters. The number of fused-ring (bicyclic) bond motifs is 1. The van der Waals surface area contributed by atoms with Crippen molar-refractivity contribution in [3.8, 4) is 0 Å². The highest BCUT2D eigenvalue weighted by atomic mass is 32.1. The van der Waals surface area contributed by atoms with Gasteiger partial charge in [-0.3, -0.25) is 9.63 Å². The molecule has 1 fully saturated rings. The van der Waals surface area contributed by atoms with Crippen LogP contribution in [0.5, 0.6) is 0 Å². The molecule has 23 heavy (non-hydrogen) atoms. The minimum absolute atomic E-state index is 0.0267. The molecule has 0 spiro atoms. The van der Waals surface area contributed by atoms with Crippen molar-refractivity contribution in [1.82, 2.24) is 15.0 Å². The van der Waals surface area contributed by atoms with E-state index in [1.165, 1.54) is 22.6 Å². The van der Waals surface area contributed by atoms with Gasteiger partial charge >= 0.3 is 0 Å². The fourth-order valence-electron chi connectivity index (χ4n) is 3.09. The van der Waals surface area contributed by atoms with E-state index in [1.807, 2.05) is 0 Å². The topological polar surface area (TPSA) is 58.6 Å². The predicted octanol–water partition coefficient (Wildman–Crippen LogP) is 2.54. The Kier molecular flexibility index (Phi) is 4.50. The number of carbonyl (C=O) groups excluding carboxylic acids is 1. The molecule has 7 heteroatoms. The molecule has 124 valence electrons. The van der Waals surface area contributed by atoms with Gasteiger partial charge in [-0.05, 0) is 32.3 Å². The van der Waals surface area contributed by atoms with Crippen LogP contribution in [0.3, 0.4) is 0 Å². The van der Waals surface area contributed by atoms with E-state index >= 15 is 0 Å². The number of hydrogen-bond acceptors (Lipinski definition) is 6. The number of carbonyl (C=O) groups is 1. The number of hydrogen-bond donors (Lipinski definition) is 0. The van der Waals surface area contributed by atoms with Gasteiger partial charge in [-0.2, -0.15) is 0 Å². The highest BCUT2D eigenvalue weighted by molar-refractivity contribution is 7.18. The zero-order chi connectivity index (χ0) is 16.6. The maximum atomic E-state index is 12.2. The zero-order valence-electron chi connectivity index (χ0n) is 14.0. The lowest BCUT2D eigenvalue weighted by Gasteiger charge is -2.33. The summed E-state index contributed by atoms with van der Waals surface area (Å²) in [6.45, 7) is 5.91. The van der Waals surface area contributed by atoms with Gasteiger partial charge in [-0.15, -0.1) is 11.3 Å². The van der Waals surface area contributed by atoms with Crippen LogP contribution in [0, 0.1) is 19.8 Å². The Balaban J connectivity index is 1.80. The summed E-state index contributed by atoms with van der Waals surface area (Å²) < 4.78 is 0. The SMILES string of the molecule is CON(C)C(=O)C1CCN(c2ncnc3sc(C)c(C)c23)CC1. The van der Waals surface area contributed by atoms with Gasteiger partial charge in [0.25, 0.3) is 0 Å². The molecule has 2 aromatic rings. The number of piperidine rings is 1. The lowest BCUT2D eigenvalue weighted by Crippen LogP contribution is -2.41. The van der Waals surface area contributed by atoms with Crippen LogP contribution in [-0.2, 0) is 9.63 Å². The third kappa shape index (κ3) is 2.90. The molecule has 6 nitrogen and oxygen atoms in total. The summed E-state index contributed by atoms with van der Waals surface area (Å²) in [5.74, 6) is 1.09. The van der Waals surface area contributed by atoms with Crippen molar-refractivity contribution < 1.29 is 9.63 Å². The molecule has 1 amide bonds. The quantitative estimate of drug-likeness (QED) is 0.807. The van der Waals surface area contributed by atoms with Crippen LogP contribution >= 0.6 is 11.3 Å².